The summed E-state index contributed by atoms with van der Waals surface area (Å²) in [7, 11) is 0. The smallest absolute Gasteiger partial charge is 0.127 e. The average Bonchev–Trinajstić information content (AvgIpc) is 2.04. The van der Waals surface area contributed by atoms with Gasteiger partial charge in [-0.2, -0.15) is 0 Å². The van der Waals surface area contributed by atoms with Gasteiger partial charge in [-0.05, 0) is 34.1 Å². The van der Waals surface area contributed by atoms with Gasteiger partial charge in [-0.25, -0.2) is 8.78 Å². The van der Waals surface area contributed by atoms with E-state index in [1.165, 1.54) is 12.1 Å². The standard InChI is InChI=1S/C14H20F2/c1-13(2,3)9-7-12(16)10(8-11(9)15)14(4,5)6/h7-8H,1-6H3. The predicted octanol–water partition coefficient (Wildman–Crippen LogP) is 4.56. The van der Waals surface area contributed by atoms with Gasteiger partial charge >= 0.3 is 0 Å². The van der Waals surface area contributed by atoms with Crippen LogP contribution < -0.4 is 0 Å². The predicted molar refractivity (Wildman–Crippen MR) is 63.8 cm³/mol. The third-order valence-electron chi connectivity index (χ3n) is 2.67. The fourth-order valence-electron chi connectivity index (χ4n) is 1.70. The normalized spacial score (nSPS) is 13.0. The summed E-state index contributed by atoms with van der Waals surface area (Å²) in [6, 6.07) is 2.66. The Kier molecular flexibility index (Phi) is 3.15. The monoisotopic (exact) mass is 226 g/mol. The highest BCUT2D eigenvalue weighted by Gasteiger charge is 2.25. The van der Waals surface area contributed by atoms with Crippen LogP contribution in [-0.4, -0.2) is 0 Å². The fraction of sp³-hybridized carbons (Fsp3) is 0.571. The van der Waals surface area contributed by atoms with Crippen LogP contribution in [0.3, 0.4) is 0 Å². The lowest BCUT2D eigenvalue weighted by molar-refractivity contribution is 0.482. The minimum Gasteiger partial charge on any atom is -0.207 e. The molecule has 0 saturated heterocycles. The van der Waals surface area contributed by atoms with Gasteiger partial charge in [0, 0.05) is 0 Å². The number of halogens is 2. The van der Waals surface area contributed by atoms with Crippen molar-refractivity contribution in [3.05, 3.63) is 34.9 Å². The Bertz CT molecular complexity index is 353. The van der Waals surface area contributed by atoms with Crippen LogP contribution in [0.15, 0.2) is 12.1 Å². The number of benzene rings is 1. The third-order valence-corrected chi connectivity index (χ3v) is 2.67. The van der Waals surface area contributed by atoms with Gasteiger partial charge in [0.15, 0.2) is 0 Å². The van der Waals surface area contributed by atoms with E-state index in [9.17, 15) is 8.78 Å². The van der Waals surface area contributed by atoms with Gasteiger partial charge in [-0.15, -0.1) is 0 Å². The first-order valence-electron chi connectivity index (χ1n) is 5.53. The molecule has 0 aliphatic heterocycles. The van der Waals surface area contributed by atoms with Crippen LogP contribution in [0.2, 0.25) is 0 Å². The molecular weight excluding hydrogens is 206 g/mol. The van der Waals surface area contributed by atoms with E-state index < -0.39 is 0 Å². The van der Waals surface area contributed by atoms with Gasteiger partial charge in [-0.3, -0.25) is 0 Å². The molecule has 0 aliphatic carbocycles. The summed E-state index contributed by atoms with van der Waals surface area (Å²) in [6.45, 7) is 11.3. The quantitative estimate of drug-likeness (QED) is 0.608. The molecule has 0 atom stereocenters. The molecule has 0 unspecified atom stereocenters. The Balaban J connectivity index is 3.40. The molecule has 0 fully saturated rings. The highest BCUT2D eigenvalue weighted by molar-refractivity contribution is 5.34. The summed E-state index contributed by atoms with van der Waals surface area (Å²) >= 11 is 0. The van der Waals surface area contributed by atoms with E-state index in [1.54, 1.807) is 0 Å². The molecular formula is C14H20F2. The van der Waals surface area contributed by atoms with E-state index in [1.807, 2.05) is 41.5 Å². The molecule has 2 heteroatoms. The number of hydrogen-bond acceptors (Lipinski definition) is 0. The van der Waals surface area contributed by atoms with Crippen LogP contribution >= 0.6 is 0 Å². The molecule has 0 aliphatic rings. The van der Waals surface area contributed by atoms with Crippen molar-refractivity contribution in [2.75, 3.05) is 0 Å². The fourth-order valence-corrected chi connectivity index (χ4v) is 1.70. The molecule has 0 aromatic heterocycles. The molecule has 16 heavy (non-hydrogen) atoms. The summed E-state index contributed by atoms with van der Waals surface area (Å²) in [4.78, 5) is 0. The van der Waals surface area contributed by atoms with Gasteiger partial charge in [-0.1, -0.05) is 41.5 Å². The number of rotatable bonds is 0. The van der Waals surface area contributed by atoms with Gasteiger partial charge in [0.1, 0.15) is 11.6 Å². The maximum atomic E-state index is 13.9. The van der Waals surface area contributed by atoms with Crippen molar-refractivity contribution in [1.29, 1.82) is 0 Å². The maximum absolute atomic E-state index is 13.9. The van der Waals surface area contributed by atoms with Crippen LogP contribution in [-0.2, 0) is 10.8 Å². The van der Waals surface area contributed by atoms with E-state index in [4.69, 9.17) is 0 Å². The topological polar surface area (TPSA) is 0 Å². The molecule has 0 N–H and O–H groups in total. The zero-order valence-electron chi connectivity index (χ0n) is 10.9. The van der Waals surface area contributed by atoms with Gasteiger partial charge in [0.2, 0.25) is 0 Å². The van der Waals surface area contributed by atoms with E-state index in [0.29, 0.717) is 11.1 Å². The van der Waals surface area contributed by atoms with Crippen molar-refractivity contribution in [2.24, 2.45) is 0 Å². The average molecular weight is 226 g/mol. The largest absolute Gasteiger partial charge is 0.207 e. The Morgan fingerprint density at radius 1 is 0.688 bits per heavy atom. The van der Waals surface area contributed by atoms with Crippen LogP contribution in [0.25, 0.3) is 0 Å². The van der Waals surface area contributed by atoms with Crippen LogP contribution in [0, 0.1) is 11.6 Å². The van der Waals surface area contributed by atoms with E-state index in [2.05, 4.69) is 0 Å². The lowest BCUT2D eigenvalue weighted by Gasteiger charge is -2.24. The second kappa shape index (κ2) is 3.83. The third kappa shape index (κ3) is 2.60. The van der Waals surface area contributed by atoms with Gasteiger partial charge in [0.25, 0.3) is 0 Å². The van der Waals surface area contributed by atoms with E-state index in [0.717, 1.165) is 0 Å². The molecule has 0 bridgehead atoms. The van der Waals surface area contributed by atoms with Crippen molar-refractivity contribution in [1.82, 2.24) is 0 Å². The molecule has 1 rings (SSSR count). The molecule has 0 radical (unpaired) electrons. The molecule has 0 spiro atoms. The minimum atomic E-state index is -0.374. The first-order chi connectivity index (χ1) is 7.03. The zero-order valence-corrected chi connectivity index (χ0v) is 10.9. The summed E-state index contributed by atoms with van der Waals surface area (Å²) in [5.74, 6) is -0.641. The summed E-state index contributed by atoms with van der Waals surface area (Å²) in [5.41, 5.74) is 0.110. The molecule has 1 aromatic carbocycles. The first-order valence-corrected chi connectivity index (χ1v) is 5.53. The van der Waals surface area contributed by atoms with E-state index in [-0.39, 0.29) is 22.5 Å². The van der Waals surface area contributed by atoms with Crippen molar-refractivity contribution in [2.45, 2.75) is 52.4 Å². The molecule has 0 saturated carbocycles. The molecule has 90 valence electrons. The lowest BCUT2D eigenvalue weighted by Crippen LogP contribution is -2.19. The highest BCUT2D eigenvalue weighted by Crippen LogP contribution is 2.31. The van der Waals surface area contributed by atoms with Gasteiger partial charge in [0.05, 0.1) is 0 Å². The summed E-state index contributed by atoms with van der Waals surface area (Å²) in [6.07, 6.45) is 0. The van der Waals surface area contributed by atoms with Gasteiger partial charge < -0.3 is 0 Å². The Morgan fingerprint density at radius 2 is 0.938 bits per heavy atom. The van der Waals surface area contributed by atoms with Crippen molar-refractivity contribution < 1.29 is 8.78 Å². The van der Waals surface area contributed by atoms with Crippen molar-refractivity contribution >= 4 is 0 Å². The zero-order chi connectivity index (χ0) is 12.7. The lowest BCUT2D eigenvalue weighted by atomic mass is 9.81. The second-order valence-corrected chi connectivity index (χ2v) is 6.31. The SMILES string of the molecule is CC(C)(C)c1cc(F)c(C(C)(C)C)cc1F. The van der Waals surface area contributed by atoms with Crippen LogP contribution in [0.5, 0.6) is 0 Å². The highest BCUT2D eigenvalue weighted by atomic mass is 19.1. The molecule has 1 aromatic rings. The van der Waals surface area contributed by atoms with E-state index >= 15 is 0 Å². The van der Waals surface area contributed by atoms with Crippen LogP contribution in [0.1, 0.15) is 52.7 Å². The Hall–Kier alpha value is -0.920. The maximum Gasteiger partial charge on any atom is 0.127 e. The minimum absolute atomic E-state index is 0.321. The number of hydrogen-bond donors (Lipinski definition) is 0. The van der Waals surface area contributed by atoms with Crippen LogP contribution in [0.4, 0.5) is 8.78 Å². The molecule has 0 amide bonds. The Labute approximate surface area is 96.7 Å². The first kappa shape index (κ1) is 13.1. The molecule has 0 nitrogen and oxygen atoms in total. The summed E-state index contributed by atoms with van der Waals surface area (Å²) < 4.78 is 27.8. The summed E-state index contributed by atoms with van der Waals surface area (Å²) in [5, 5.41) is 0. The van der Waals surface area contributed by atoms with Crippen molar-refractivity contribution in [3.8, 4) is 0 Å². The molecule has 0 heterocycles. The second-order valence-electron chi connectivity index (χ2n) is 6.31. The Morgan fingerprint density at radius 3 is 1.12 bits per heavy atom. The van der Waals surface area contributed by atoms with Crippen molar-refractivity contribution in [3.63, 3.8) is 0 Å².